The molecular formula is C17H22N4O2. The van der Waals surface area contributed by atoms with E-state index in [2.05, 4.69) is 15.3 Å². The number of carbonyl (C=O) groups is 2. The third-order valence-corrected chi connectivity index (χ3v) is 4.22. The molecule has 2 aromatic rings. The monoisotopic (exact) mass is 314 g/mol. The molecule has 0 saturated carbocycles. The van der Waals surface area contributed by atoms with Gasteiger partial charge in [0.05, 0.1) is 5.56 Å². The van der Waals surface area contributed by atoms with E-state index in [0.717, 1.165) is 16.6 Å². The molecule has 23 heavy (non-hydrogen) atoms. The highest BCUT2D eigenvalue weighted by atomic mass is 16.2. The van der Waals surface area contributed by atoms with E-state index in [0.29, 0.717) is 18.7 Å². The fraction of sp³-hybridized carbons (Fsp3) is 0.471. The fourth-order valence-corrected chi connectivity index (χ4v) is 3.32. The topological polar surface area (TPSA) is 78.1 Å². The molecule has 1 atom stereocenters. The summed E-state index contributed by atoms with van der Waals surface area (Å²) in [5, 5.41) is 3.73. The summed E-state index contributed by atoms with van der Waals surface area (Å²) < 4.78 is 0. The molecule has 3 heterocycles. The van der Waals surface area contributed by atoms with Gasteiger partial charge in [-0.3, -0.25) is 9.59 Å². The molecule has 0 aromatic carbocycles. The lowest BCUT2D eigenvalue weighted by Crippen LogP contribution is -2.56. The van der Waals surface area contributed by atoms with E-state index in [1.54, 1.807) is 17.3 Å². The van der Waals surface area contributed by atoms with Crippen molar-refractivity contribution >= 4 is 22.8 Å². The highest BCUT2D eigenvalue weighted by Gasteiger charge is 2.41. The largest absolute Gasteiger partial charge is 0.355 e. The minimum Gasteiger partial charge on any atom is -0.355 e. The second-order valence-electron chi connectivity index (χ2n) is 6.99. The summed E-state index contributed by atoms with van der Waals surface area (Å²) in [6, 6.07) is 1.39. The first-order chi connectivity index (χ1) is 10.8. The Hall–Kier alpha value is -2.37. The number of amides is 2. The molecule has 1 aliphatic heterocycles. The highest BCUT2D eigenvalue weighted by molar-refractivity contribution is 6.10. The molecule has 2 amide bonds. The van der Waals surface area contributed by atoms with Crippen molar-refractivity contribution in [2.75, 3.05) is 6.54 Å². The van der Waals surface area contributed by atoms with Gasteiger partial charge in [0, 0.05) is 30.9 Å². The maximum absolute atomic E-state index is 13.0. The molecule has 0 radical (unpaired) electrons. The maximum atomic E-state index is 13.0. The zero-order valence-corrected chi connectivity index (χ0v) is 13.9. The average Bonchev–Trinajstić information content (AvgIpc) is 2.89. The van der Waals surface area contributed by atoms with E-state index < -0.39 is 6.04 Å². The van der Waals surface area contributed by atoms with Gasteiger partial charge in [0.25, 0.3) is 5.91 Å². The number of H-pyrrole nitrogens is 1. The van der Waals surface area contributed by atoms with E-state index >= 15 is 0 Å². The van der Waals surface area contributed by atoms with Gasteiger partial charge in [-0.2, -0.15) is 0 Å². The number of rotatable bonds is 3. The Morgan fingerprint density at radius 3 is 2.87 bits per heavy atom. The Morgan fingerprint density at radius 1 is 1.48 bits per heavy atom. The van der Waals surface area contributed by atoms with Crippen LogP contribution < -0.4 is 5.32 Å². The molecule has 1 unspecified atom stereocenters. The van der Waals surface area contributed by atoms with Crippen LogP contribution in [0.15, 0.2) is 18.5 Å². The van der Waals surface area contributed by atoms with Gasteiger partial charge < -0.3 is 15.2 Å². The van der Waals surface area contributed by atoms with Crippen LogP contribution in [0.1, 0.15) is 43.6 Å². The Kier molecular flexibility index (Phi) is 3.62. The normalized spacial score (nSPS) is 15.8. The van der Waals surface area contributed by atoms with Gasteiger partial charge in [-0.05, 0) is 24.0 Å². The molecule has 0 saturated heterocycles. The second kappa shape index (κ2) is 5.37. The summed E-state index contributed by atoms with van der Waals surface area (Å²) in [4.78, 5) is 34.5. The van der Waals surface area contributed by atoms with Crippen LogP contribution in [0.5, 0.6) is 0 Å². The maximum Gasteiger partial charge on any atom is 0.257 e. The lowest BCUT2D eigenvalue weighted by molar-refractivity contribution is -0.129. The summed E-state index contributed by atoms with van der Waals surface area (Å²) in [7, 11) is 0. The lowest BCUT2D eigenvalue weighted by Gasteiger charge is -2.40. The number of carbonyl (C=O) groups excluding carboxylic acids is 2. The fourth-order valence-electron chi connectivity index (χ4n) is 3.32. The zero-order valence-electron chi connectivity index (χ0n) is 13.9. The van der Waals surface area contributed by atoms with Crippen LogP contribution in [0.2, 0.25) is 0 Å². The summed E-state index contributed by atoms with van der Waals surface area (Å²) in [6.45, 7) is 8.79. The van der Waals surface area contributed by atoms with E-state index in [9.17, 15) is 9.59 Å². The first-order valence-corrected chi connectivity index (χ1v) is 7.88. The van der Waals surface area contributed by atoms with Crippen LogP contribution in [0.25, 0.3) is 11.0 Å². The van der Waals surface area contributed by atoms with Crippen molar-refractivity contribution in [2.45, 2.75) is 40.3 Å². The number of nitrogens with one attached hydrogen (secondary N) is 2. The predicted octanol–water partition coefficient (Wildman–Crippen LogP) is 2.07. The van der Waals surface area contributed by atoms with Crippen LogP contribution >= 0.6 is 0 Å². The molecule has 1 aliphatic rings. The molecular weight excluding hydrogens is 292 g/mol. The highest BCUT2D eigenvalue weighted by Crippen LogP contribution is 2.34. The molecule has 2 N–H and O–H groups in total. The van der Waals surface area contributed by atoms with E-state index in [-0.39, 0.29) is 17.2 Å². The molecule has 6 heteroatoms. The minimum atomic E-state index is -0.527. The number of likely N-dealkylation sites (N-methyl/N-ethyl adjacent to an activating group) is 1. The van der Waals surface area contributed by atoms with Crippen molar-refractivity contribution in [2.24, 2.45) is 5.41 Å². The van der Waals surface area contributed by atoms with E-state index in [1.807, 2.05) is 33.8 Å². The quantitative estimate of drug-likeness (QED) is 0.910. The predicted molar refractivity (Wildman–Crippen MR) is 87.9 cm³/mol. The first-order valence-electron chi connectivity index (χ1n) is 7.88. The Labute approximate surface area is 135 Å². The van der Waals surface area contributed by atoms with Crippen LogP contribution in [0.4, 0.5) is 0 Å². The van der Waals surface area contributed by atoms with Gasteiger partial charge in [0.2, 0.25) is 5.91 Å². The summed E-state index contributed by atoms with van der Waals surface area (Å²) >= 11 is 0. The van der Waals surface area contributed by atoms with E-state index in [1.165, 1.54) is 0 Å². The molecule has 2 aromatic heterocycles. The molecule has 0 spiro atoms. The molecule has 0 bridgehead atoms. The van der Waals surface area contributed by atoms with Gasteiger partial charge in [-0.1, -0.05) is 20.8 Å². The van der Waals surface area contributed by atoms with E-state index in [4.69, 9.17) is 0 Å². The van der Waals surface area contributed by atoms with Gasteiger partial charge in [0.1, 0.15) is 11.7 Å². The van der Waals surface area contributed by atoms with Crippen molar-refractivity contribution in [1.82, 2.24) is 20.2 Å². The number of aromatic amines is 1. The SMILES string of the molecule is CCNC(=O)C(N1Cc2ccnc3[nH]cc(c23)C1=O)C(C)(C)C. The number of aromatic nitrogens is 2. The van der Waals surface area contributed by atoms with Crippen LogP contribution in [0, 0.1) is 5.41 Å². The second-order valence-corrected chi connectivity index (χ2v) is 6.99. The number of nitrogens with zero attached hydrogens (tertiary/aromatic N) is 2. The zero-order chi connectivity index (χ0) is 16.8. The third-order valence-electron chi connectivity index (χ3n) is 4.22. The van der Waals surface area contributed by atoms with Gasteiger partial charge in [-0.25, -0.2) is 4.98 Å². The third kappa shape index (κ3) is 2.48. The van der Waals surface area contributed by atoms with Gasteiger partial charge >= 0.3 is 0 Å². The van der Waals surface area contributed by atoms with Crippen LogP contribution in [-0.4, -0.2) is 39.3 Å². The number of hydrogen-bond donors (Lipinski definition) is 2. The lowest BCUT2D eigenvalue weighted by atomic mass is 9.83. The molecule has 0 aliphatic carbocycles. The molecule has 3 rings (SSSR count). The van der Waals surface area contributed by atoms with Crippen molar-refractivity contribution in [3.63, 3.8) is 0 Å². The van der Waals surface area contributed by atoms with Gasteiger partial charge in [0.15, 0.2) is 0 Å². The smallest absolute Gasteiger partial charge is 0.257 e. The summed E-state index contributed by atoms with van der Waals surface area (Å²) in [6.07, 6.45) is 3.41. The van der Waals surface area contributed by atoms with Crippen molar-refractivity contribution in [3.05, 3.63) is 29.6 Å². The van der Waals surface area contributed by atoms with Crippen molar-refractivity contribution < 1.29 is 9.59 Å². The van der Waals surface area contributed by atoms with Gasteiger partial charge in [-0.15, -0.1) is 0 Å². The summed E-state index contributed by atoms with van der Waals surface area (Å²) in [5.74, 6) is -0.236. The van der Waals surface area contributed by atoms with Crippen molar-refractivity contribution in [1.29, 1.82) is 0 Å². The molecule has 6 nitrogen and oxygen atoms in total. The first kappa shape index (κ1) is 15.5. The number of pyridine rings is 1. The summed E-state index contributed by atoms with van der Waals surface area (Å²) in [5.41, 5.74) is 1.96. The Bertz CT molecular complexity index is 772. The van der Waals surface area contributed by atoms with Crippen LogP contribution in [0.3, 0.4) is 0 Å². The molecule has 122 valence electrons. The Balaban J connectivity index is 2.06. The minimum absolute atomic E-state index is 0.113. The van der Waals surface area contributed by atoms with Crippen molar-refractivity contribution in [3.8, 4) is 0 Å². The molecule has 0 fully saturated rings. The average molecular weight is 314 g/mol. The van der Waals surface area contributed by atoms with Crippen LogP contribution in [-0.2, 0) is 11.3 Å². The Morgan fingerprint density at radius 2 is 2.22 bits per heavy atom. The number of hydrogen-bond acceptors (Lipinski definition) is 3. The standard InChI is InChI=1S/C17H22N4O2/c1-5-18-15(22)13(17(2,3)4)21-9-10-6-7-19-14-12(10)11(8-20-14)16(21)23/h6-8,13H,5,9H2,1-4H3,(H,18,22)(H,19,20).